The Morgan fingerprint density at radius 2 is 1.88 bits per heavy atom. The molecule has 0 fully saturated rings. The minimum Gasteiger partial charge on any atom is -0.497 e. The average Bonchev–Trinajstić information content (AvgIpc) is 3.20. The van der Waals surface area contributed by atoms with Gasteiger partial charge in [-0.25, -0.2) is 15.0 Å². The summed E-state index contributed by atoms with van der Waals surface area (Å²) in [6.45, 7) is 0. The van der Waals surface area contributed by atoms with E-state index in [4.69, 9.17) is 19.8 Å². The van der Waals surface area contributed by atoms with Crippen LogP contribution in [0.25, 0.3) is 27.9 Å². The van der Waals surface area contributed by atoms with Crippen LogP contribution in [0.1, 0.15) is 5.56 Å². The van der Waals surface area contributed by atoms with Crippen molar-refractivity contribution in [3.05, 3.63) is 82.8 Å². The first kappa shape index (κ1) is 20.9. The zero-order valence-corrected chi connectivity index (χ0v) is 18.8. The Balaban J connectivity index is 1.75. The van der Waals surface area contributed by atoms with E-state index in [9.17, 15) is 4.79 Å². The van der Waals surface area contributed by atoms with Crippen molar-refractivity contribution in [2.24, 2.45) is 0 Å². The zero-order chi connectivity index (χ0) is 22.8. The number of aromatic nitrogens is 5. The van der Waals surface area contributed by atoms with Crippen LogP contribution in [-0.2, 0) is 5.75 Å². The number of ether oxygens (including phenoxy) is 1. The second-order valence-electron chi connectivity index (χ2n) is 7.25. The highest BCUT2D eigenvalue weighted by atomic mass is 32.2. The molecule has 0 unspecified atom stereocenters. The molecule has 164 valence electrons. The predicted molar refractivity (Wildman–Crippen MR) is 131 cm³/mol. The number of hydrogen-bond acceptors (Lipinski definition) is 8. The van der Waals surface area contributed by atoms with E-state index in [1.54, 1.807) is 41.6 Å². The number of rotatable bonds is 6. The summed E-state index contributed by atoms with van der Waals surface area (Å²) in [5, 5.41) is 8.73. The third-order valence-electron chi connectivity index (χ3n) is 5.16. The number of thioether (sulfide) groups is 1. The van der Waals surface area contributed by atoms with Gasteiger partial charge < -0.3 is 10.1 Å². The number of methoxy groups -OCH3 is 1. The number of para-hydroxylation sites is 1. The van der Waals surface area contributed by atoms with Gasteiger partial charge in [-0.2, -0.15) is 16.3 Å². The minimum atomic E-state index is -0.386. The SMILES string of the molecule is COc1ccc(-c2nc3c4cccc(CSC)c4nc(Nc4ccccnc4=O)n3n2)cc1. The lowest BCUT2D eigenvalue weighted by Crippen LogP contribution is -2.12. The van der Waals surface area contributed by atoms with Gasteiger partial charge in [0.1, 0.15) is 11.4 Å². The van der Waals surface area contributed by atoms with Crippen LogP contribution in [0.4, 0.5) is 11.6 Å². The first-order valence-electron chi connectivity index (χ1n) is 10.2. The van der Waals surface area contributed by atoms with Gasteiger partial charge in [0.2, 0.25) is 5.95 Å². The van der Waals surface area contributed by atoms with E-state index in [1.165, 1.54) is 6.20 Å². The summed E-state index contributed by atoms with van der Waals surface area (Å²) in [5.41, 5.74) is 3.31. The lowest BCUT2D eigenvalue weighted by Gasteiger charge is -2.10. The van der Waals surface area contributed by atoms with Crippen LogP contribution in [0.15, 0.2) is 71.7 Å². The van der Waals surface area contributed by atoms with Crippen LogP contribution in [0.5, 0.6) is 5.75 Å². The number of benzene rings is 2. The molecule has 5 aromatic rings. The summed E-state index contributed by atoms with van der Waals surface area (Å²) in [5.74, 6) is 2.49. The Labute approximate surface area is 193 Å². The van der Waals surface area contributed by atoms with Crippen molar-refractivity contribution in [1.29, 1.82) is 0 Å². The summed E-state index contributed by atoms with van der Waals surface area (Å²) in [4.78, 5) is 26.0. The molecule has 0 radical (unpaired) electrons. The Bertz CT molecular complexity index is 1520. The number of nitrogens with zero attached hydrogens (tertiary/aromatic N) is 5. The molecule has 0 aliphatic carbocycles. The lowest BCUT2D eigenvalue weighted by molar-refractivity contribution is 0.415. The molecule has 3 aromatic heterocycles. The highest BCUT2D eigenvalue weighted by Gasteiger charge is 2.17. The van der Waals surface area contributed by atoms with Crippen molar-refractivity contribution in [2.75, 3.05) is 18.7 Å². The van der Waals surface area contributed by atoms with Gasteiger partial charge in [0.15, 0.2) is 11.5 Å². The van der Waals surface area contributed by atoms with Crippen LogP contribution in [-0.4, -0.2) is 37.9 Å². The maximum absolute atomic E-state index is 12.4. The van der Waals surface area contributed by atoms with Crippen LogP contribution in [0, 0.1) is 0 Å². The lowest BCUT2D eigenvalue weighted by atomic mass is 10.1. The van der Waals surface area contributed by atoms with E-state index in [1.807, 2.05) is 36.4 Å². The normalized spacial score (nSPS) is 11.1. The maximum atomic E-state index is 12.4. The first-order valence-corrected chi connectivity index (χ1v) is 11.6. The number of anilines is 2. The second kappa shape index (κ2) is 8.87. The molecule has 8 nitrogen and oxygen atoms in total. The molecule has 2 aromatic carbocycles. The maximum Gasteiger partial charge on any atom is 0.293 e. The van der Waals surface area contributed by atoms with Gasteiger partial charge >= 0.3 is 0 Å². The van der Waals surface area contributed by atoms with E-state index in [-0.39, 0.29) is 5.56 Å². The summed E-state index contributed by atoms with van der Waals surface area (Å²) in [6.07, 6.45) is 3.51. The molecule has 0 aliphatic rings. The smallest absolute Gasteiger partial charge is 0.293 e. The van der Waals surface area contributed by atoms with Crippen molar-refractivity contribution in [1.82, 2.24) is 24.6 Å². The molecule has 5 rings (SSSR count). The van der Waals surface area contributed by atoms with E-state index in [0.717, 1.165) is 33.5 Å². The predicted octanol–water partition coefficient (Wildman–Crippen LogP) is 4.31. The van der Waals surface area contributed by atoms with Crippen molar-refractivity contribution in [2.45, 2.75) is 5.75 Å². The molecule has 0 bridgehead atoms. The van der Waals surface area contributed by atoms with Gasteiger partial charge in [-0.05, 0) is 54.3 Å². The van der Waals surface area contributed by atoms with Gasteiger partial charge in [0, 0.05) is 22.9 Å². The summed E-state index contributed by atoms with van der Waals surface area (Å²) < 4.78 is 6.89. The molecular weight excluding hydrogens is 436 g/mol. The molecule has 1 N–H and O–H groups in total. The molecule has 0 aliphatic heterocycles. The third-order valence-corrected chi connectivity index (χ3v) is 5.76. The van der Waals surface area contributed by atoms with Gasteiger partial charge in [0.05, 0.1) is 12.6 Å². The summed E-state index contributed by atoms with van der Waals surface area (Å²) in [7, 11) is 1.63. The van der Waals surface area contributed by atoms with Crippen molar-refractivity contribution < 1.29 is 4.74 Å². The van der Waals surface area contributed by atoms with Crippen LogP contribution < -0.4 is 15.6 Å². The molecule has 0 saturated heterocycles. The Morgan fingerprint density at radius 3 is 2.67 bits per heavy atom. The summed E-state index contributed by atoms with van der Waals surface area (Å²) in [6, 6.07) is 18.7. The van der Waals surface area contributed by atoms with Crippen molar-refractivity contribution in [3.63, 3.8) is 0 Å². The fourth-order valence-electron chi connectivity index (χ4n) is 3.58. The minimum absolute atomic E-state index is 0.303. The van der Waals surface area contributed by atoms with Crippen LogP contribution in [0.3, 0.4) is 0 Å². The third kappa shape index (κ3) is 3.98. The zero-order valence-electron chi connectivity index (χ0n) is 18.0. The number of nitrogens with one attached hydrogen (secondary N) is 1. The Kier molecular flexibility index (Phi) is 5.62. The molecule has 3 heterocycles. The average molecular weight is 457 g/mol. The fraction of sp³-hybridized carbons (Fsp3) is 0.125. The molecular formula is C24H20N6O2S. The van der Waals surface area contributed by atoms with Gasteiger partial charge in [0.25, 0.3) is 5.56 Å². The highest BCUT2D eigenvalue weighted by Crippen LogP contribution is 2.29. The Morgan fingerprint density at radius 1 is 1.03 bits per heavy atom. The Hall–Kier alpha value is -3.98. The van der Waals surface area contributed by atoms with Gasteiger partial charge in [-0.3, -0.25) is 4.79 Å². The van der Waals surface area contributed by atoms with Crippen LogP contribution >= 0.6 is 11.8 Å². The largest absolute Gasteiger partial charge is 0.497 e. The van der Waals surface area contributed by atoms with E-state index >= 15 is 0 Å². The molecule has 33 heavy (non-hydrogen) atoms. The molecule has 0 saturated carbocycles. The van der Waals surface area contributed by atoms with E-state index in [0.29, 0.717) is 23.1 Å². The topological polar surface area (TPSA) is 94.3 Å². The first-order chi connectivity index (χ1) is 16.2. The van der Waals surface area contributed by atoms with Gasteiger partial charge in [-0.1, -0.05) is 18.2 Å². The van der Waals surface area contributed by atoms with Gasteiger partial charge in [-0.15, -0.1) is 5.10 Å². The molecule has 0 atom stereocenters. The monoisotopic (exact) mass is 456 g/mol. The van der Waals surface area contributed by atoms with Crippen LogP contribution in [0.2, 0.25) is 0 Å². The van der Waals surface area contributed by atoms with E-state index in [2.05, 4.69) is 22.6 Å². The fourth-order valence-corrected chi connectivity index (χ4v) is 4.12. The van der Waals surface area contributed by atoms with Crippen molar-refractivity contribution >= 4 is 39.9 Å². The van der Waals surface area contributed by atoms with E-state index < -0.39 is 0 Å². The number of hydrogen-bond donors (Lipinski definition) is 1. The molecule has 0 spiro atoms. The second-order valence-corrected chi connectivity index (χ2v) is 8.12. The standard InChI is InChI=1S/C24H20N6O2S/c1-32-17-11-9-15(10-12-17)21-28-22-18-7-5-6-16(14-33-2)20(18)27-24(30(22)29-21)26-19-8-3-4-13-25-23(19)31/h3-13H,14H2,1-2H3,(H,25,26,27,31). The highest BCUT2D eigenvalue weighted by molar-refractivity contribution is 7.97. The summed E-state index contributed by atoms with van der Waals surface area (Å²) >= 11 is 1.72. The van der Waals surface area contributed by atoms with Crippen molar-refractivity contribution in [3.8, 4) is 17.1 Å². The number of fused-ring (bicyclic) bond motifs is 3. The molecule has 0 amide bonds. The molecule has 9 heteroatoms. The quantitative estimate of drug-likeness (QED) is 0.404.